The molecule has 3 rings (SSSR count). The molecule has 1 unspecified atom stereocenters. The maximum absolute atomic E-state index is 10.4. The van der Waals surface area contributed by atoms with Crippen molar-refractivity contribution >= 4 is 17.3 Å². The maximum atomic E-state index is 10.4. The molecule has 0 saturated carbocycles. The Morgan fingerprint density at radius 1 is 1.30 bits per heavy atom. The number of rotatable bonds is 3. The number of hydrogen-bond acceptors (Lipinski definition) is 3. The van der Waals surface area contributed by atoms with Crippen molar-refractivity contribution < 1.29 is 9.84 Å². The lowest BCUT2D eigenvalue weighted by atomic mass is 9.98. The zero-order valence-corrected chi connectivity index (χ0v) is 11.7. The van der Waals surface area contributed by atoms with Crippen LogP contribution >= 0.6 is 11.6 Å². The lowest BCUT2D eigenvalue weighted by Crippen LogP contribution is -2.06. The molecule has 20 heavy (non-hydrogen) atoms. The number of nitrogen functional groups attached to an aromatic ring is 1. The molecule has 1 atom stereocenters. The van der Waals surface area contributed by atoms with Crippen LogP contribution < -0.4 is 10.5 Å². The van der Waals surface area contributed by atoms with E-state index in [0.717, 1.165) is 28.9 Å². The Labute approximate surface area is 122 Å². The number of hydrogen-bond donors (Lipinski definition) is 2. The van der Waals surface area contributed by atoms with E-state index in [1.165, 1.54) is 0 Å². The summed E-state index contributed by atoms with van der Waals surface area (Å²) >= 11 is 6.13. The van der Waals surface area contributed by atoms with Crippen molar-refractivity contribution in [2.75, 3.05) is 12.3 Å². The Hall–Kier alpha value is -1.71. The maximum Gasteiger partial charge on any atom is 0.126 e. The van der Waals surface area contributed by atoms with Gasteiger partial charge in [0.15, 0.2) is 0 Å². The van der Waals surface area contributed by atoms with Gasteiger partial charge in [0.05, 0.1) is 12.7 Å². The first-order chi connectivity index (χ1) is 9.65. The van der Waals surface area contributed by atoms with Gasteiger partial charge in [0.2, 0.25) is 0 Å². The van der Waals surface area contributed by atoms with Crippen LogP contribution in [0.1, 0.15) is 22.8 Å². The molecular weight excluding hydrogens is 274 g/mol. The van der Waals surface area contributed by atoms with Crippen LogP contribution in [0.15, 0.2) is 36.4 Å². The standard InChI is InChI=1S/C16H16ClNO2/c17-12-7-10-5-6-20-16(10)11(8-12)9-15(19)13-3-1-2-4-14(13)18/h1-4,7-8,15,19H,5-6,9,18H2. The van der Waals surface area contributed by atoms with Gasteiger partial charge >= 0.3 is 0 Å². The van der Waals surface area contributed by atoms with Crippen LogP contribution in [0.3, 0.4) is 0 Å². The van der Waals surface area contributed by atoms with E-state index in [9.17, 15) is 5.11 Å². The fourth-order valence-electron chi connectivity index (χ4n) is 2.63. The average molecular weight is 290 g/mol. The molecule has 0 spiro atoms. The molecule has 1 heterocycles. The summed E-state index contributed by atoms with van der Waals surface area (Å²) in [7, 11) is 0. The van der Waals surface area contributed by atoms with E-state index in [1.807, 2.05) is 30.3 Å². The predicted molar refractivity (Wildman–Crippen MR) is 80.2 cm³/mol. The molecule has 3 N–H and O–H groups in total. The molecule has 0 amide bonds. The van der Waals surface area contributed by atoms with Crippen LogP contribution in [0.4, 0.5) is 5.69 Å². The van der Waals surface area contributed by atoms with Gasteiger partial charge in [-0.2, -0.15) is 0 Å². The number of para-hydroxylation sites is 1. The van der Waals surface area contributed by atoms with Gasteiger partial charge in [-0.15, -0.1) is 0 Å². The molecule has 3 nitrogen and oxygen atoms in total. The summed E-state index contributed by atoms with van der Waals surface area (Å²) in [4.78, 5) is 0. The van der Waals surface area contributed by atoms with E-state index >= 15 is 0 Å². The Morgan fingerprint density at radius 2 is 2.10 bits per heavy atom. The van der Waals surface area contributed by atoms with Crippen LogP contribution in [-0.2, 0) is 12.8 Å². The topological polar surface area (TPSA) is 55.5 Å². The van der Waals surface area contributed by atoms with Crippen LogP contribution in [0.5, 0.6) is 5.75 Å². The molecule has 0 radical (unpaired) electrons. The van der Waals surface area contributed by atoms with E-state index in [-0.39, 0.29) is 0 Å². The van der Waals surface area contributed by atoms with Crippen molar-refractivity contribution in [1.29, 1.82) is 0 Å². The third-order valence-corrected chi connectivity index (χ3v) is 3.81. The molecule has 104 valence electrons. The quantitative estimate of drug-likeness (QED) is 0.854. The average Bonchev–Trinajstić information content (AvgIpc) is 2.87. The monoisotopic (exact) mass is 289 g/mol. The number of halogens is 1. The molecule has 1 aliphatic heterocycles. The van der Waals surface area contributed by atoms with Crippen LogP contribution in [-0.4, -0.2) is 11.7 Å². The fourth-order valence-corrected chi connectivity index (χ4v) is 2.89. The highest BCUT2D eigenvalue weighted by Crippen LogP contribution is 2.35. The van der Waals surface area contributed by atoms with Gasteiger partial charge < -0.3 is 15.6 Å². The van der Waals surface area contributed by atoms with Gasteiger partial charge in [-0.25, -0.2) is 0 Å². The number of aliphatic hydroxyl groups excluding tert-OH is 1. The molecule has 0 aromatic heterocycles. The zero-order valence-electron chi connectivity index (χ0n) is 11.0. The van der Waals surface area contributed by atoms with Crippen molar-refractivity contribution in [2.24, 2.45) is 0 Å². The third kappa shape index (κ3) is 2.47. The Morgan fingerprint density at radius 3 is 2.90 bits per heavy atom. The van der Waals surface area contributed by atoms with Crippen molar-refractivity contribution in [2.45, 2.75) is 18.9 Å². The molecule has 0 aliphatic carbocycles. The normalized spacial score (nSPS) is 14.7. The SMILES string of the molecule is Nc1ccccc1C(O)Cc1cc(Cl)cc2c1OCC2. The molecule has 0 fully saturated rings. The van der Waals surface area contributed by atoms with Gasteiger partial charge in [0.25, 0.3) is 0 Å². The first kappa shape index (κ1) is 13.3. The molecule has 0 bridgehead atoms. The van der Waals surface area contributed by atoms with E-state index in [4.69, 9.17) is 22.1 Å². The molecule has 1 aliphatic rings. The summed E-state index contributed by atoms with van der Waals surface area (Å²) in [5.41, 5.74) is 9.28. The smallest absolute Gasteiger partial charge is 0.126 e. The number of aliphatic hydroxyl groups is 1. The number of anilines is 1. The van der Waals surface area contributed by atoms with Gasteiger partial charge in [-0.1, -0.05) is 29.8 Å². The van der Waals surface area contributed by atoms with Gasteiger partial charge in [-0.3, -0.25) is 0 Å². The Kier molecular flexibility index (Phi) is 3.55. The van der Waals surface area contributed by atoms with Crippen molar-refractivity contribution in [1.82, 2.24) is 0 Å². The number of nitrogens with two attached hydrogens (primary N) is 1. The molecule has 4 heteroatoms. The number of fused-ring (bicyclic) bond motifs is 1. The first-order valence-corrected chi connectivity index (χ1v) is 6.99. The van der Waals surface area contributed by atoms with Crippen LogP contribution in [0, 0.1) is 0 Å². The number of benzene rings is 2. The second-order valence-electron chi connectivity index (χ2n) is 5.00. The lowest BCUT2D eigenvalue weighted by molar-refractivity contribution is 0.178. The highest BCUT2D eigenvalue weighted by molar-refractivity contribution is 6.30. The summed E-state index contributed by atoms with van der Waals surface area (Å²) in [6.07, 6.45) is 0.645. The van der Waals surface area contributed by atoms with Crippen molar-refractivity contribution in [3.8, 4) is 5.75 Å². The highest BCUT2D eigenvalue weighted by Gasteiger charge is 2.20. The molecule has 0 saturated heterocycles. The van der Waals surface area contributed by atoms with Crippen LogP contribution in [0.25, 0.3) is 0 Å². The van der Waals surface area contributed by atoms with Gasteiger partial charge in [-0.05, 0) is 29.3 Å². The molecule has 2 aromatic carbocycles. The first-order valence-electron chi connectivity index (χ1n) is 6.61. The second kappa shape index (κ2) is 5.35. The largest absolute Gasteiger partial charge is 0.493 e. The number of ether oxygens (including phenoxy) is 1. The van der Waals surface area contributed by atoms with Gasteiger partial charge in [0, 0.05) is 29.1 Å². The Balaban J connectivity index is 1.90. The van der Waals surface area contributed by atoms with E-state index in [0.29, 0.717) is 23.7 Å². The van der Waals surface area contributed by atoms with E-state index < -0.39 is 6.10 Å². The van der Waals surface area contributed by atoms with Crippen molar-refractivity contribution in [3.63, 3.8) is 0 Å². The van der Waals surface area contributed by atoms with E-state index in [2.05, 4.69) is 0 Å². The van der Waals surface area contributed by atoms with E-state index in [1.54, 1.807) is 6.07 Å². The summed E-state index contributed by atoms with van der Waals surface area (Å²) < 4.78 is 5.65. The minimum absolute atomic E-state index is 0.442. The van der Waals surface area contributed by atoms with Gasteiger partial charge in [0.1, 0.15) is 5.75 Å². The summed E-state index contributed by atoms with van der Waals surface area (Å²) in [6.45, 7) is 0.673. The Bertz CT molecular complexity index is 642. The zero-order chi connectivity index (χ0) is 14.1. The predicted octanol–water partition coefficient (Wildman–Crippen LogP) is 3.13. The van der Waals surface area contributed by atoms with Crippen molar-refractivity contribution in [3.05, 3.63) is 58.1 Å². The van der Waals surface area contributed by atoms with Crippen LogP contribution in [0.2, 0.25) is 5.02 Å². The minimum Gasteiger partial charge on any atom is -0.493 e. The summed E-state index contributed by atoms with van der Waals surface area (Å²) in [5, 5.41) is 11.1. The molecule has 2 aromatic rings. The molecular formula is C16H16ClNO2. The summed E-state index contributed by atoms with van der Waals surface area (Å²) in [6, 6.07) is 11.1. The fraction of sp³-hybridized carbons (Fsp3) is 0.250. The highest BCUT2D eigenvalue weighted by atomic mass is 35.5. The third-order valence-electron chi connectivity index (χ3n) is 3.59. The summed E-state index contributed by atoms with van der Waals surface area (Å²) in [5.74, 6) is 0.864. The lowest BCUT2D eigenvalue weighted by Gasteiger charge is -2.15. The second-order valence-corrected chi connectivity index (χ2v) is 5.44. The minimum atomic E-state index is -0.664.